The van der Waals surface area contributed by atoms with Gasteiger partial charge < -0.3 is 5.32 Å². The average molecular weight is 572 g/mol. The standard InChI is InChI=1S/C36H75N.CH3Cl/c1-3-5-7-9-11-13-15-16-17-18-19-20-21-22-23-24-25-26-28-30-32-34-36-37-35-33-31-29-27-14-12-10-8-6-4-2;1-2/h37H,3-36H2,1-2H3;1H3. The maximum Gasteiger partial charge on any atom is 0.0108 e. The maximum atomic E-state index is 4.64. The van der Waals surface area contributed by atoms with Gasteiger partial charge in [-0.05, 0) is 25.9 Å². The van der Waals surface area contributed by atoms with Gasteiger partial charge in [-0.15, -0.1) is 11.6 Å². The second-order valence-electron chi connectivity index (χ2n) is 12.4. The Labute approximate surface area is 255 Å². The molecule has 0 aliphatic heterocycles. The number of unbranched alkanes of at least 4 members (excludes halogenated alkanes) is 30. The number of hydrogen-bond acceptors (Lipinski definition) is 1. The Kier molecular flexibility index (Phi) is 45.3. The highest BCUT2D eigenvalue weighted by molar-refractivity contribution is 6.15. The van der Waals surface area contributed by atoms with Gasteiger partial charge in [0.25, 0.3) is 0 Å². The molecule has 0 atom stereocenters. The lowest BCUT2D eigenvalue weighted by Crippen LogP contribution is -2.16. The van der Waals surface area contributed by atoms with Crippen molar-refractivity contribution in [2.24, 2.45) is 0 Å². The molecule has 0 fully saturated rings. The number of nitrogens with one attached hydrogen (secondary N) is 1. The van der Waals surface area contributed by atoms with Gasteiger partial charge in [0.2, 0.25) is 0 Å². The van der Waals surface area contributed by atoms with Crippen molar-refractivity contribution in [1.82, 2.24) is 5.32 Å². The molecule has 0 amide bonds. The van der Waals surface area contributed by atoms with Crippen LogP contribution in [0.25, 0.3) is 0 Å². The Morgan fingerprint density at radius 1 is 0.256 bits per heavy atom. The van der Waals surface area contributed by atoms with Gasteiger partial charge in [-0.3, -0.25) is 0 Å². The van der Waals surface area contributed by atoms with Gasteiger partial charge >= 0.3 is 0 Å². The fourth-order valence-electron chi connectivity index (χ4n) is 5.72. The molecule has 1 nitrogen and oxygen atoms in total. The molecule has 238 valence electrons. The molecular weight excluding hydrogens is 494 g/mol. The van der Waals surface area contributed by atoms with Crippen LogP contribution in [-0.4, -0.2) is 19.5 Å². The van der Waals surface area contributed by atoms with E-state index in [1.54, 1.807) is 0 Å². The summed E-state index contributed by atoms with van der Waals surface area (Å²) in [4.78, 5) is 0. The molecule has 0 aromatic carbocycles. The number of rotatable bonds is 34. The molecular formula is C37H78ClN. The minimum atomic E-state index is 1.25. The third kappa shape index (κ3) is 42.8. The molecule has 0 unspecified atom stereocenters. The first-order chi connectivity index (χ1) is 19.4. The van der Waals surface area contributed by atoms with E-state index in [2.05, 4.69) is 30.8 Å². The Bertz CT molecular complexity index is 338. The second kappa shape index (κ2) is 42.7. The van der Waals surface area contributed by atoms with E-state index in [0.29, 0.717) is 0 Å². The predicted octanol–water partition coefficient (Wildman–Crippen LogP) is 14.0. The van der Waals surface area contributed by atoms with Gasteiger partial charge in [0.1, 0.15) is 0 Å². The summed E-state index contributed by atoms with van der Waals surface area (Å²) in [5, 5.41) is 3.67. The van der Waals surface area contributed by atoms with E-state index in [4.69, 9.17) is 0 Å². The summed E-state index contributed by atoms with van der Waals surface area (Å²) < 4.78 is 0. The van der Waals surface area contributed by atoms with Gasteiger partial charge in [-0.2, -0.15) is 0 Å². The molecule has 0 spiro atoms. The minimum absolute atomic E-state index is 1.25. The maximum absolute atomic E-state index is 4.64. The van der Waals surface area contributed by atoms with E-state index in [1.165, 1.54) is 225 Å². The molecule has 0 saturated carbocycles. The number of halogens is 1. The molecule has 0 aliphatic rings. The third-order valence-electron chi connectivity index (χ3n) is 8.41. The van der Waals surface area contributed by atoms with Crippen molar-refractivity contribution >= 4 is 11.6 Å². The Morgan fingerprint density at radius 2 is 0.410 bits per heavy atom. The fraction of sp³-hybridized carbons (Fsp3) is 1.00. The fourth-order valence-corrected chi connectivity index (χ4v) is 5.72. The van der Waals surface area contributed by atoms with Crippen LogP contribution in [0, 0.1) is 0 Å². The van der Waals surface area contributed by atoms with E-state index < -0.39 is 0 Å². The first-order valence-corrected chi connectivity index (χ1v) is 19.3. The van der Waals surface area contributed by atoms with Crippen molar-refractivity contribution in [3.05, 3.63) is 0 Å². The van der Waals surface area contributed by atoms with Crippen LogP contribution in [0.15, 0.2) is 0 Å². The van der Waals surface area contributed by atoms with Crippen molar-refractivity contribution < 1.29 is 0 Å². The Hall–Kier alpha value is 0.250. The molecule has 0 heterocycles. The minimum Gasteiger partial charge on any atom is -0.317 e. The normalized spacial score (nSPS) is 11.1. The molecule has 0 aromatic heterocycles. The second-order valence-corrected chi connectivity index (χ2v) is 12.4. The lowest BCUT2D eigenvalue weighted by Gasteiger charge is -2.06. The predicted molar refractivity (Wildman–Crippen MR) is 184 cm³/mol. The number of alkyl halides is 1. The van der Waals surface area contributed by atoms with Crippen LogP contribution in [0.4, 0.5) is 0 Å². The molecule has 0 aromatic rings. The highest BCUT2D eigenvalue weighted by Crippen LogP contribution is 2.15. The molecule has 0 rings (SSSR count). The lowest BCUT2D eigenvalue weighted by atomic mass is 10.0. The van der Waals surface area contributed by atoms with E-state index in [9.17, 15) is 0 Å². The highest BCUT2D eigenvalue weighted by atomic mass is 35.5. The summed E-state index contributed by atoms with van der Waals surface area (Å²) in [6, 6.07) is 0. The van der Waals surface area contributed by atoms with Crippen LogP contribution in [0.2, 0.25) is 0 Å². The zero-order valence-corrected chi connectivity index (χ0v) is 28.7. The number of hydrogen-bond donors (Lipinski definition) is 1. The molecule has 0 bridgehead atoms. The van der Waals surface area contributed by atoms with E-state index in [-0.39, 0.29) is 0 Å². The van der Waals surface area contributed by atoms with Crippen molar-refractivity contribution in [3.63, 3.8) is 0 Å². The molecule has 0 aliphatic carbocycles. The van der Waals surface area contributed by atoms with E-state index in [1.807, 2.05) is 0 Å². The summed E-state index contributed by atoms with van der Waals surface area (Å²) in [7, 11) is 0. The molecule has 0 radical (unpaired) electrons. The van der Waals surface area contributed by atoms with Crippen molar-refractivity contribution in [3.8, 4) is 0 Å². The largest absolute Gasteiger partial charge is 0.317 e. The van der Waals surface area contributed by atoms with Crippen LogP contribution in [0.5, 0.6) is 0 Å². The Morgan fingerprint density at radius 3 is 0.590 bits per heavy atom. The van der Waals surface area contributed by atoms with Gasteiger partial charge in [0, 0.05) is 6.38 Å². The monoisotopic (exact) mass is 572 g/mol. The Balaban J connectivity index is 0. The van der Waals surface area contributed by atoms with Crippen LogP contribution < -0.4 is 5.32 Å². The van der Waals surface area contributed by atoms with Crippen LogP contribution in [0.1, 0.15) is 219 Å². The summed E-state index contributed by atoms with van der Waals surface area (Å²) >= 11 is 4.64. The average Bonchev–Trinajstić information content (AvgIpc) is 2.96. The molecule has 0 saturated heterocycles. The smallest absolute Gasteiger partial charge is 0.0108 e. The quantitative estimate of drug-likeness (QED) is 0.0598. The first kappa shape index (κ1) is 41.4. The summed E-state index contributed by atoms with van der Waals surface area (Å²) in [5.41, 5.74) is 0. The lowest BCUT2D eigenvalue weighted by molar-refractivity contribution is 0.514. The third-order valence-corrected chi connectivity index (χ3v) is 8.41. The van der Waals surface area contributed by atoms with Gasteiger partial charge in [-0.25, -0.2) is 0 Å². The zero-order chi connectivity index (χ0) is 28.7. The van der Waals surface area contributed by atoms with E-state index in [0.717, 1.165) is 0 Å². The van der Waals surface area contributed by atoms with Gasteiger partial charge in [-0.1, -0.05) is 206 Å². The summed E-state index contributed by atoms with van der Waals surface area (Å²) in [5.74, 6) is 0. The van der Waals surface area contributed by atoms with Crippen molar-refractivity contribution in [2.45, 2.75) is 219 Å². The molecule has 1 N–H and O–H groups in total. The van der Waals surface area contributed by atoms with Crippen molar-refractivity contribution in [2.75, 3.05) is 19.5 Å². The molecule has 39 heavy (non-hydrogen) atoms. The summed E-state index contributed by atoms with van der Waals surface area (Å²) in [6.45, 7) is 7.10. The summed E-state index contributed by atoms with van der Waals surface area (Å²) in [6.07, 6.45) is 48.2. The van der Waals surface area contributed by atoms with Crippen LogP contribution in [0.3, 0.4) is 0 Å². The van der Waals surface area contributed by atoms with Gasteiger partial charge in [0.15, 0.2) is 0 Å². The van der Waals surface area contributed by atoms with Gasteiger partial charge in [0.05, 0.1) is 0 Å². The van der Waals surface area contributed by atoms with Crippen molar-refractivity contribution in [1.29, 1.82) is 0 Å². The van der Waals surface area contributed by atoms with E-state index >= 15 is 0 Å². The topological polar surface area (TPSA) is 12.0 Å². The van der Waals surface area contributed by atoms with Crippen LogP contribution in [-0.2, 0) is 0 Å². The SMILES string of the molecule is CCCCCCCCCCCCCCCCCCCCCCCCNCCCCCCCCCCCC.CCl. The zero-order valence-electron chi connectivity index (χ0n) is 27.9. The van der Waals surface area contributed by atoms with Crippen LogP contribution >= 0.6 is 11.6 Å². The first-order valence-electron chi connectivity index (χ1n) is 18.5. The highest BCUT2D eigenvalue weighted by Gasteiger charge is 1.97. The molecule has 2 heteroatoms.